The summed E-state index contributed by atoms with van der Waals surface area (Å²) in [5.41, 5.74) is 5.57. The third-order valence-electron chi connectivity index (χ3n) is 1.44. The number of aromatic nitrogens is 4. The Hall–Kier alpha value is -0.970. The molecule has 0 spiro atoms. The smallest absolute Gasteiger partial charge is 0.138 e. The SMILES string of the molecule is C[C@H](N)CCCn1cnnn1. The van der Waals surface area contributed by atoms with Gasteiger partial charge >= 0.3 is 0 Å². The van der Waals surface area contributed by atoms with Crippen molar-refractivity contribution < 1.29 is 0 Å². The molecule has 1 atom stereocenters. The van der Waals surface area contributed by atoms with E-state index in [2.05, 4.69) is 15.5 Å². The van der Waals surface area contributed by atoms with E-state index in [4.69, 9.17) is 5.73 Å². The van der Waals surface area contributed by atoms with E-state index in [0.717, 1.165) is 19.4 Å². The van der Waals surface area contributed by atoms with Crippen molar-refractivity contribution in [3.8, 4) is 0 Å². The molecule has 0 aliphatic rings. The van der Waals surface area contributed by atoms with Gasteiger partial charge in [0.25, 0.3) is 0 Å². The van der Waals surface area contributed by atoms with Crippen molar-refractivity contribution in [1.29, 1.82) is 0 Å². The van der Waals surface area contributed by atoms with Crippen LogP contribution >= 0.6 is 0 Å². The largest absolute Gasteiger partial charge is 0.328 e. The van der Waals surface area contributed by atoms with E-state index in [9.17, 15) is 0 Å². The molecule has 5 nitrogen and oxygen atoms in total. The van der Waals surface area contributed by atoms with E-state index in [1.165, 1.54) is 0 Å². The lowest BCUT2D eigenvalue weighted by molar-refractivity contribution is 0.513. The van der Waals surface area contributed by atoms with Gasteiger partial charge in [0.1, 0.15) is 6.33 Å². The quantitative estimate of drug-likeness (QED) is 0.653. The van der Waals surface area contributed by atoms with Crippen LogP contribution < -0.4 is 5.73 Å². The van der Waals surface area contributed by atoms with Crippen molar-refractivity contribution >= 4 is 0 Å². The highest BCUT2D eigenvalue weighted by Gasteiger charge is 1.95. The lowest BCUT2D eigenvalue weighted by Gasteiger charge is -2.02. The average molecular weight is 155 g/mol. The molecule has 0 aromatic carbocycles. The van der Waals surface area contributed by atoms with Gasteiger partial charge in [-0.15, -0.1) is 5.10 Å². The Morgan fingerprint density at radius 1 is 1.64 bits per heavy atom. The van der Waals surface area contributed by atoms with Crippen molar-refractivity contribution in [3.05, 3.63) is 6.33 Å². The highest BCUT2D eigenvalue weighted by atomic mass is 15.5. The Labute approximate surface area is 65.6 Å². The van der Waals surface area contributed by atoms with Gasteiger partial charge in [-0.2, -0.15) is 0 Å². The lowest BCUT2D eigenvalue weighted by atomic mass is 10.2. The predicted octanol–water partition coefficient (Wildman–Crippen LogP) is -0.200. The molecule has 0 unspecified atom stereocenters. The van der Waals surface area contributed by atoms with Crippen molar-refractivity contribution in [2.45, 2.75) is 32.4 Å². The van der Waals surface area contributed by atoms with Crippen molar-refractivity contribution in [1.82, 2.24) is 20.2 Å². The molecule has 0 saturated carbocycles. The summed E-state index contributed by atoms with van der Waals surface area (Å²) in [5.74, 6) is 0. The molecule has 0 aliphatic heterocycles. The Morgan fingerprint density at radius 2 is 2.45 bits per heavy atom. The summed E-state index contributed by atoms with van der Waals surface area (Å²) in [6.45, 7) is 2.86. The first-order valence-corrected chi connectivity index (χ1v) is 3.75. The zero-order chi connectivity index (χ0) is 8.10. The van der Waals surface area contributed by atoms with Gasteiger partial charge in [0, 0.05) is 12.6 Å². The van der Waals surface area contributed by atoms with E-state index >= 15 is 0 Å². The second kappa shape index (κ2) is 4.02. The number of nitrogens with two attached hydrogens (primary N) is 1. The molecule has 0 aliphatic carbocycles. The minimum atomic E-state index is 0.270. The Kier molecular flexibility index (Phi) is 2.97. The van der Waals surface area contributed by atoms with Crippen LogP contribution in [0.25, 0.3) is 0 Å². The average Bonchev–Trinajstić information content (AvgIpc) is 2.39. The van der Waals surface area contributed by atoms with Crippen LogP contribution in [0, 0.1) is 0 Å². The van der Waals surface area contributed by atoms with E-state index in [-0.39, 0.29) is 6.04 Å². The molecule has 0 bridgehead atoms. The van der Waals surface area contributed by atoms with Gasteiger partial charge in [-0.25, -0.2) is 4.68 Å². The molecule has 1 rings (SSSR count). The van der Waals surface area contributed by atoms with Crippen molar-refractivity contribution in [2.75, 3.05) is 0 Å². The van der Waals surface area contributed by atoms with Crippen molar-refractivity contribution in [3.63, 3.8) is 0 Å². The lowest BCUT2D eigenvalue weighted by Crippen LogP contribution is -2.15. The number of hydrogen-bond donors (Lipinski definition) is 1. The van der Waals surface area contributed by atoms with E-state index in [1.54, 1.807) is 11.0 Å². The normalized spacial score (nSPS) is 13.3. The maximum absolute atomic E-state index is 5.57. The van der Waals surface area contributed by atoms with Gasteiger partial charge in [0.2, 0.25) is 0 Å². The topological polar surface area (TPSA) is 69.6 Å². The summed E-state index contributed by atoms with van der Waals surface area (Å²) in [6, 6.07) is 0.270. The summed E-state index contributed by atoms with van der Waals surface area (Å²) < 4.78 is 1.71. The van der Waals surface area contributed by atoms with Gasteiger partial charge in [-0.05, 0) is 30.2 Å². The summed E-state index contributed by atoms with van der Waals surface area (Å²) in [4.78, 5) is 0. The van der Waals surface area contributed by atoms with Gasteiger partial charge in [-0.3, -0.25) is 0 Å². The molecule has 2 N–H and O–H groups in total. The molecule has 1 aromatic rings. The number of aryl methyl sites for hydroxylation is 1. The number of nitrogens with zero attached hydrogens (tertiary/aromatic N) is 4. The molecule has 62 valence electrons. The van der Waals surface area contributed by atoms with Gasteiger partial charge in [-0.1, -0.05) is 0 Å². The molecule has 1 aromatic heterocycles. The van der Waals surface area contributed by atoms with E-state index < -0.39 is 0 Å². The molecule has 0 amide bonds. The Morgan fingerprint density at radius 3 is 3.00 bits per heavy atom. The van der Waals surface area contributed by atoms with Gasteiger partial charge < -0.3 is 5.73 Å². The van der Waals surface area contributed by atoms with Crippen LogP contribution in [0.4, 0.5) is 0 Å². The number of hydrogen-bond acceptors (Lipinski definition) is 4. The predicted molar refractivity (Wildman–Crippen MR) is 40.7 cm³/mol. The fourth-order valence-corrected chi connectivity index (χ4v) is 0.858. The molecule has 0 radical (unpaired) electrons. The van der Waals surface area contributed by atoms with E-state index in [0.29, 0.717) is 0 Å². The fourth-order valence-electron chi connectivity index (χ4n) is 0.858. The monoisotopic (exact) mass is 155 g/mol. The van der Waals surface area contributed by atoms with Gasteiger partial charge in [0.05, 0.1) is 0 Å². The molecular formula is C6H13N5. The van der Waals surface area contributed by atoms with Crippen LogP contribution in [0.1, 0.15) is 19.8 Å². The zero-order valence-corrected chi connectivity index (χ0v) is 6.64. The first-order valence-electron chi connectivity index (χ1n) is 3.75. The summed E-state index contributed by atoms with van der Waals surface area (Å²) in [7, 11) is 0. The first-order chi connectivity index (χ1) is 5.29. The molecule has 11 heavy (non-hydrogen) atoms. The van der Waals surface area contributed by atoms with Crippen LogP contribution in [0.5, 0.6) is 0 Å². The summed E-state index contributed by atoms with van der Waals surface area (Å²) >= 11 is 0. The maximum atomic E-state index is 5.57. The molecular weight excluding hydrogens is 142 g/mol. The third kappa shape index (κ3) is 3.08. The highest BCUT2D eigenvalue weighted by Crippen LogP contribution is 1.94. The van der Waals surface area contributed by atoms with Crippen LogP contribution in [0.3, 0.4) is 0 Å². The molecule has 0 fully saturated rings. The van der Waals surface area contributed by atoms with Crippen LogP contribution in [-0.4, -0.2) is 26.2 Å². The van der Waals surface area contributed by atoms with Gasteiger partial charge in [0.15, 0.2) is 0 Å². The minimum Gasteiger partial charge on any atom is -0.328 e. The molecule has 0 saturated heterocycles. The second-order valence-electron chi connectivity index (χ2n) is 2.69. The van der Waals surface area contributed by atoms with Crippen LogP contribution in [0.15, 0.2) is 6.33 Å². The number of tetrazole rings is 1. The summed E-state index contributed by atoms with van der Waals surface area (Å²) in [5, 5.41) is 10.8. The third-order valence-corrected chi connectivity index (χ3v) is 1.44. The van der Waals surface area contributed by atoms with Crippen LogP contribution in [-0.2, 0) is 6.54 Å². The summed E-state index contributed by atoms with van der Waals surface area (Å²) in [6.07, 6.45) is 3.66. The first kappa shape index (κ1) is 8.13. The molecule has 1 heterocycles. The maximum Gasteiger partial charge on any atom is 0.138 e. The highest BCUT2D eigenvalue weighted by molar-refractivity contribution is 4.54. The zero-order valence-electron chi connectivity index (χ0n) is 6.64. The van der Waals surface area contributed by atoms with Crippen LogP contribution in [0.2, 0.25) is 0 Å². The standard InChI is InChI=1S/C6H13N5/c1-6(7)3-2-4-11-5-8-9-10-11/h5-6H,2-4,7H2,1H3/t6-/m0/s1. The second-order valence-corrected chi connectivity index (χ2v) is 2.69. The van der Waals surface area contributed by atoms with Crippen molar-refractivity contribution in [2.24, 2.45) is 5.73 Å². The molecule has 5 heteroatoms. The Bertz CT molecular complexity index is 181. The minimum absolute atomic E-state index is 0.270. The Balaban J connectivity index is 2.14. The number of rotatable bonds is 4. The fraction of sp³-hybridized carbons (Fsp3) is 0.833. The van der Waals surface area contributed by atoms with E-state index in [1.807, 2.05) is 6.92 Å².